The molecule has 0 amide bonds. The van der Waals surface area contributed by atoms with Crippen LogP contribution < -0.4 is 5.32 Å². The molecular weight excluding hydrogens is 260 g/mol. The molecule has 122 valence electrons. The summed E-state index contributed by atoms with van der Waals surface area (Å²) in [5.74, 6) is 0. The van der Waals surface area contributed by atoms with Crippen molar-refractivity contribution in [1.29, 1.82) is 0 Å². The molecule has 21 heavy (non-hydrogen) atoms. The van der Waals surface area contributed by atoms with Crippen LogP contribution >= 0.6 is 0 Å². The van der Waals surface area contributed by atoms with Gasteiger partial charge in [-0.2, -0.15) is 0 Å². The Morgan fingerprint density at radius 2 is 1.67 bits per heavy atom. The van der Waals surface area contributed by atoms with Crippen LogP contribution in [0.15, 0.2) is 0 Å². The summed E-state index contributed by atoms with van der Waals surface area (Å²) in [5, 5.41) is 3.98. The average Bonchev–Trinajstić information content (AvgIpc) is 3.12. The third kappa shape index (κ3) is 2.66. The highest BCUT2D eigenvalue weighted by molar-refractivity contribution is 5.11. The van der Waals surface area contributed by atoms with Gasteiger partial charge in [0.25, 0.3) is 0 Å². The van der Waals surface area contributed by atoms with Crippen LogP contribution in [-0.4, -0.2) is 49.8 Å². The zero-order valence-electron chi connectivity index (χ0n) is 14.3. The van der Waals surface area contributed by atoms with Gasteiger partial charge in [-0.25, -0.2) is 0 Å². The lowest BCUT2D eigenvalue weighted by molar-refractivity contribution is -0.132. The van der Waals surface area contributed by atoms with Gasteiger partial charge in [0, 0.05) is 30.1 Å². The summed E-state index contributed by atoms with van der Waals surface area (Å²) in [6, 6.07) is 0.703. The van der Waals surface area contributed by atoms with Gasteiger partial charge >= 0.3 is 0 Å². The van der Waals surface area contributed by atoms with Gasteiger partial charge in [-0.15, -0.1) is 0 Å². The smallest absolute Gasteiger partial charge is 0.0661 e. The molecule has 0 aliphatic heterocycles. The third-order valence-electron chi connectivity index (χ3n) is 6.85. The number of hydrogen-bond donors (Lipinski definition) is 1. The van der Waals surface area contributed by atoms with Crippen molar-refractivity contribution in [2.75, 3.05) is 27.2 Å². The molecule has 0 aromatic rings. The molecule has 2 unspecified atom stereocenters. The first-order valence-electron chi connectivity index (χ1n) is 9.15. The first kappa shape index (κ1) is 15.8. The summed E-state index contributed by atoms with van der Waals surface area (Å²) in [6.45, 7) is 4.19. The minimum absolute atomic E-state index is 0.413. The third-order valence-corrected chi connectivity index (χ3v) is 6.85. The molecule has 3 aliphatic rings. The maximum atomic E-state index is 6.04. The highest BCUT2D eigenvalue weighted by Crippen LogP contribution is 2.54. The Balaban J connectivity index is 1.60. The van der Waals surface area contributed by atoms with Crippen molar-refractivity contribution in [3.8, 4) is 0 Å². The fourth-order valence-corrected chi connectivity index (χ4v) is 5.30. The Morgan fingerprint density at radius 1 is 1.05 bits per heavy atom. The highest BCUT2D eigenvalue weighted by Gasteiger charge is 2.56. The van der Waals surface area contributed by atoms with Crippen molar-refractivity contribution in [2.45, 2.75) is 82.4 Å². The van der Waals surface area contributed by atoms with Crippen molar-refractivity contribution in [3.63, 3.8) is 0 Å². The fourth-order valence-electron chi connectivity index (χ4n) is 5.30. The lowest BCUT2D eigenvalue weighted by Gasteiger charge is -2.55. The zero-order valence-corrected chi connectivity index (χ0v) is 14.3. The number of nitrogens with zero attached hydrogens (tertiary/aromatic N) is 1. The van der Waals surface area contributed by atoms with E-state index < -0.39 is 0 Å². The van der Waals surface area contributed by atoms with Crippen LogP contribution in [0.4, 0.5) is 0 Å². The van der Waals surface area contributed by atoms with Crippen LogP contribution in [0.25, 0.3) is 0 Å². The second-order valence-electron chi connectivity index (χ2n) is 7.88. The molecule has 0 radical (unpaired) electrons. The van der Waals surface area contributed by atoms with E-state index in [0.717, 1.165) is 6.61 Å². The molecule has 0 aromatic heterocycles. The molecule has 3 saturated carbocycles. The van der Waals surface area contributed by atoms with Crippen LogP contribution in [0, 0.1) is 5.41 Å². The van der Waals surface area contributed by atoms with Crippen molar-refractivity contribution in [1.82, 2.24) is 10.2 Å². The van der Waals surface area contributed by atoms with E-state index in [-0.39, 0.29) is 0 Å². The van der Waals surface area contributed by atoms with E-state index in [4.69, 9.17) is 4.74 Å². The topological polar surface area (TPSA) is 24.5 Å². The number of nitrogens with one attached hydrogen (secondary N) is 1. The van der Waals surface area contributed by atoms with Crippen LogP contribution in [0.3, 0.4) is 0 Å². The van der Waals surface area contributed by atoms with Gasteiger partial charge in [0.15, 0.2) is 0 Å². The molecule has 3 nitrogen and oxygen atoms in total. The summed E-state index contributed by atoms with van der Waals surface area (Å²) < 4.78 is 6.04. The quantitative estimate of drug-likeness (QED) is 0.814. The highest BCUT2D eigenvalue weighted by atomic mass is 16.5. The van der Waals surface area contributed by atoms with Crippen LogP contribution in [-0.2, 0) is 4.74 Å². The largest absolute Gasteiger partial charge is 0.378 e. The zero-order chi connectivity index (χ0) is 14.9. The van der Waals surface area contributed by atoms with E-state index in [9.17, 15) is 0 Å². The minimum Gasteiger partial charge on any atom is -0.378 e. The second kappa shape index (κ2) is 6.17. The van der Waals surface area contributed by atoms with Gasteiger partial charge < -0.3 is 15.0 Å². The van der Waals surface area contributed by atoms with Crippen molar-refractivity contribution >= 4 is 0 Å². The van der Waals surface area contributed by atoms with E-state index in [1.54, 1.807) is 0 Å². The van der Waals surface area contributed by atoms with Crippen molar-refractivity contribution in [2.24, 2.45) is 5.41 Å². The monoisotopic (exact) mass is 294 g/mol. The van der Waals surface area contributed by atoms with Crippen LogP contribution in [0.1, 0.15) is 64.7 Å². The summed E-state index contributed by atoms with van der Waals surface area (Å²) in [7, 11) is 4.53. The fraction of sp³-hybridized carbons (Fsp3) is 1.00. The van der Waals surface area contributed by atoms with E-state index >= 15 is 0 Å². The normalized spacial score (nSPS) is 33.7. The molecule has 3 rings (SSSR count). The van der Waals surface area contributed by atoms with Gasteiger partial charge in [0.2, 0.25) is 0 Å². The Labute approximate surface area is 130 Å². The Kier molecular flexibility index (Phi) is 4.63. The molecule has 1 N–H and O–H groups in total. The van der Waals surface area contributed by atoms with E-state index in [0.29, 0.717) is 23.1 Å². The Hall–Kier alpha value is -0.120. The predicted octanol–water partition coefficient (Wildman–Crippen LogP) is 3.19. The molecule has 0 saturated heterocycles. The first-order valence-corrected chi connectivity index (χ1v) is 9.15. The summed E-state index contributed by atoms with van der Waals surface area (Å²) in [4.78, 5) is 2.48. The lowest BCUT2D eigenvalue weighted by Crippen LogP contribution is -2.65. The van der Waals surface area contributed by atoms with Crippen molar-refractivity contribution in [3.05, 3.63) is 0 Å². The molecule has 3 fully saturated rings. The molecular formula is C18H34N2O. The molecule has 2 atom stereocenters. The number of hydrogen-bond acceptors (Lipinski definition) is 3. The van der Waals surface area contributed by atoms with Crippen LogP contribution in [0.2, 0.25) is 0 Å². The van der Waals surface area contributed by atoms with Gasteiger partial charge in [0.1, 0.15) is 0 Å². The summed E-state index contributed by atoms with van der Waals surface area (Å²) in [6.07, 6.45) is 12.9. The number of rotatable bonds is 6. The van der Waals surface area contributed by atoms with E-state index in [2.05, 4.69) is 31.2 Å². The summed E-state index contributed by atoms with van der Waals surface area (Å²) in [5.41, 5.74) is 0.888. The summed E-state index contributed by atoms with van der Waals surface area (Å²) >= 11 is 0. The molecule has 0 bridgehead atoms. The van der Waals surface area contributed by atoms with Gasteiger partial charge in [0.05, 0.1) is 6.10 Å². The van der Waals surface area contributed by atoms with Crippen LogP contribution in [0.5, 0.6) is 0 Å². The Bertz CT molecular complexity index is 343. The maximum Gasteiger partial charge on any atom is 0.0661 e. The number of likely N-dealkylation sites (N-methyl/N-ethyl adjacent to an activating group) is 1. The molecule has 1 spiro atoms. The van der Waals surface area contributed by atoms with Gasteiger partial charge in [-0.3, -0.25) is 0 Å². The maximum absolute atomic E-state index is 6.04. The standard InChI is InChI=1S/C18H34N2O/c1-4-21-16-13-15(18(16)11-7-8-12-18)19-14-17(20(2)3)9-5-6-10-17/h15-16,19H,4-14H2,1-3H3. The lowest BCUT2D eigenvalue weighted by atomic mass is 9.60. The predicted molar refractivity (Wildman–Crippen MR) is 87.6 cm³/mol. The molecule has 3 heteroatoms. The first-order chi connectivity index (χ1) is 10.1. The van der Waals surface area contributed by atoms with E-state index in [1.165, 1.54) is 64.3 Å². The number of ether oxygens (including phenoxy) is 1. The average molecular weight is 294 g/mol. The second-order valence-corrected chi connectivity index (χ2v) is 7.88. The van der Waals surface area contributed by atoms with Crippen molar-refractivity contribution < 1.29 is 4.74 Å². The Morgan fingerprint density at radius 3 is 2.24 bits per heavy atom. The molecule has 3 aliphatic carbocycles. The molecule has 0 heterocycles. The molecule has 0 aromatic carbocycles. The SMILES string of the molecule is CCOC1CC(NCC2(N(C)C)CCCC2)C12CCCC2. The van der Waals surface area contributed by atoms with Gasteiger partial charge in [-0.05, 0) is 53.1 Å². The minimum atomic E-state index is 0.413. The van der Waals surface area contributed by atoms with Gasteiger partial charge in [-0.1, -0.05) is 25.7 Å². The van der Waals surface area contributed by atoms with E-state index in [1.807, 2.05) is 0 Å².